The summed E-state index contributed by atoms with van der Waals surface area (Å²) in [5, 5.41) is 0. The quantitative estimate of drug-likeness (QED) is 0.762. The zero-order chi connectivity index (χ0) is 17.3. The molecule has 0 unspecified atom stereocenters. The zero-order valence-corrected chi connectivity index (χ0v) is 14.2. The van der Waals surface area contributed by atoms with Crippen molar-refractivity contribution >= 4 is 26.8 Å². The number of fused-ring (bicyclic) bond motifs is 1. The van der Waals surface area contributed by atoms with Crippen LogP contribution >= 0.6 is 0 Å². The van der Waals surface area contributed by atoms with Gasteiger partial charge in [-0.05, 0) is 30.3 Å². The number of aromatic nitrogens is 1. The van der Waals surface area contributed by atoms with Crippen LogP contribution in [0, 0.1) is 6.92 Å². The lowest BCUT2D eigenvalue weighted by Gasteiger charge is -2.13. The van der Waals surface area contributed by atoms with Crippen molar-refractivity contribution in [2.45, 2.75) is 11.8 Å². The van der Waals surface area contributed by atoms with Crippen LogP contribution in [-0.2, 0) is 10.0 Å². The Morgan fingerprint density at radius 3 is 2.58 bits per heavy atom. The van der Waals surface area contributed by atoms with Gasteiger partial charge >= 0.3 is 0 Å². The van der Waals surface area contributed by atoms with E-state index in [0.29, 0.717) is 28.5 Å². The molecular weight excluding hydrogens is 332 g/mol. The molecule has 0 saturated heterocycles. The molecule has 3 aromatic rings. The second kappa shape index (κ2) is 6.04. The molecule has 0 amide bonds. The number of anilines is 1. The van der Waals surface area contributed by atoms with Crippen molar-refractivity contribution in [1.29, 1.82) is 0 Å². The maximum atomic E-state index is 12.7. The summed E-state index contributed by atoms with van der Waals surface area (Å²) in [6.07, 6.45) is 0. The number of hydrogen-bond acceptors (Lipinski definition) is 6. The summed E-state index contributed by atoms with van der Waals surface area (Å²) in [4.78, 5) is 4.23. The minimum atomic E-state index is -3.82. The zero-order valence-electron chi connectivity index (χ0n) is 13.4. The number of ether oxygens (including phenoxy) is 2. The van der Waals surface area contributed by atoms with E-state index >= 15 is 0 Å². The second-order valence-electron chi connectivity index (χ2n) is 5.03. The van der Waals surface area contributed by atoms with Gasteiger partial charge in [0.2, 0.25) is 0 Å². The lowest BCUT2D eigenvalue weighted by Crippen LogP contribution is -2.13. The number of methoxy groups -OCH3 is 2. The van der Waals surface area contributed by atoms with Crippen LogP contribution in [0.2, 0.25) is 0 Å². The van der Waals surface area contributed by atoms with Gasteiger partial charge in [-0.25, -0.2) is 13.4 Å². The molecule has 24 heavy (non-hydrogen) atoms. The average Bonchev–Trinajstić information content (AvgIpc) is 2.93. The van der Waals surface area contributed by atoms with E-state index in [1.54, 1.807) is 31.2 Å². The summed E-state index contributed by atoms with van der Waals surface area (Å²) in [5.41, 5.74) is 1.30. The van der Waals surface area contributed by atoms with Gasteiger partial charge in [0.1, 0.15) is 17.0 Å². The summed E-state index contributed by atoms with van der Waals surface area (Å²) in [5.74, 6) is 1.37. The van der Waals surface area contributed by atoms with E-state index in [1.807, 2.05) is 0 Å². The lowest BCUT2D eigenvalue weighted by molar-refractivity contribution is 0.405. The Balaban J connectivity index is 2.00. The van der Waals surface area contributed by atoms with Crippen LogP contribution in [0.1, 0.15) is 5.89 Å². The third kappa shape index (κ3) is 3.00. The average molecular weight is 348 g/mol. The number of benzene rings is 2. The first-order valence-corrected chi connectivity index (χ1v) is 8.53. The molecule has 0 aliphatic heterocycles. The molecule has 0 radical (unpaired) electrons. The lowest BCUT2D eigenvalue weighted by atomic mass is 10.3. The smallest absolute Gasteiger partial charge is 0.262 e. The molecule has 1 N–H and O–H groups in total. The minimum absolute atomic E-state index is 0.0770. The molecule has 126 valence electrons. The van der Waals surface area contributed by atoms with Gasteiger partial charge in [-0.2, -0.15) is 0 Å². The summed E-state index contributed by atoms with van der Waals surface area (Å²) in [7, 11) is -0.857. The highest BCUT2D eigenvalue weighted by molar-refractivity contribution is 7.92. The maximum absolute atomic E-state index is 12.7. The van der Waals surface area contributed by atoms with Crippen molar-refractivity contribution in [3.8, 4) is 11.5 Å². The predicted octanol–water partition coefficient (Wildman–Crippen LogP) is 2.95. The van der Waals surface area contributed by atoms with E-state index in [4.69, 9.17) is 13.9 Å². The number of sulfonamides is 1. The standard InChI is InChI=1S/C16H16N2O5S/c1-10-17-13-9-12(5-7-16(13)23-10)24(19,20)18-14-8-11(21-2)4-6-15(14)22-3/h4-9,18H,1-3H3. The molecule has 0 saturated carbocycles. The second-order valence-corrected chi connectivity index (χ2v) is 6.72. The molecule has 1 heterocycles. The number of hydrogen-bond donors (Lipinski definition) is 1. The molecule has 8 heteroatoms. The fraction of sp³-hybridized carbons (Fsp3) is 0.188. The van der Waals surface area contributed by atoms with Gasteiger partial charge in [0.25, 0.3) is 10.0 Å². The SMILES string of the molecule is COc1ccc(OC)c(NS(=O)(=O)c2ccc3oc(C)nc3c2)c1. The Kier molecular flexibility index (Phi) is 4.06. The molecule has 0 fully saturated rings. The van der Waals surface area contributed by atoms with Gasteiger partial charge in [0.05, 0.1) is 24.8 Å². The van der Waals surface area contributed by atoms with E-state index in [1.165, 1.54) is 26.4 Å². The van der Waals surface area contributed by atoms with Gasteiger partial charge in [0.15, 0.2) is 11.5 Å². The first-order chi connectivity index (χ1) is 11.4. The van der Waals surface area contributed by atoms with Crippen molar-refractivity contribution in [2.75, 3.05) is 18.9 Å². The van der Waals surface area contributed by atoms with Crippen LogP contribution in [0.25, 0.3) is 11.1 Å². The topological polar surface area (TPSA) is 90.7 Å². The molecule has 0 bridgehead atoms. The number of rotatable bonds is 5. The van der Waals surface area contributed by atoms with Crippen molar-refractivity contribution in [3.05, 3.63) is 42.3 Å². The first-order valence-electron chi connectivity index (χ1n) is 7.05. The van der Waals surface area contributed by atoms with E-state index in [2.05, 4.69) is 9.71 Å². The van der Waals surface area contributed by atoms with Gasteiger partial charge in [0, 0.05) is 13.0 Å². The normalized spacial score (nSPS) is 11.5. The number of oxazole rings is 1. The molecule has 2 aromatic carbocycles. The molecule has 0 aliphatic rings. The van der Waals surface area contributed by atoms with E-state index in [-0.39, 0.29) is 10.6 Å². The minimum Gasteiger partial charge on any atom is -0.497 e. The van der Waals surface area contributed by atoms with Crippen LogP contribution in [-0.4, -0.2) is 27.6 Å². The molecule has 3 rings (SSSR count). The van der Waals surface area contributed by atoms with Crippen LogP contribution in [0.5, 0.6) is 11.5 Å². The van der Waals surface area contributed by atoms with Crippen LogP contribution in [0.3, 0.4) is 0 Å². The third-order valence-corrected chi connectivity index (χ3v) is 4.79. The number of nitrogens with zero attached hydrogens (tertiary/aromatic N) is 1. The van der Waals surface area contributed by atoms with Crippen molar-refractivity contribution < 1.29 is 22.3 Å². The van der Waals surface area contributed by atoms with Gasteiger partial charge < -0.3 is 13.9 Å². The Morgan fingerprint density at radius 1 is 1.08 bits per heavy atom. The highest BCUT2D eigenvalue weighted by Crippen LogP contribution is 2.31. The predicted molar refractivity (Wildman–Crippen MR) is 89.1 cm³/mol. The monoisotopic (exact) mass is 348 g/mol. The van der Waals surface area contributed by atoms with E-state index in [9.17, 15) is 8.42 Å². The Bertz CT molecular complexity index is 995. The third-order valence-electron chi connectivity index (χ3n) is 3.43. The highest BCUT2D eigenvalue weighted by Gasteiger charge is 2.18. The number of aryl methyl sites for hydroxylation is 1. The maximum Gasteiger partial charge on any atom is 0.262 e. The number of nitrogens with one attached hydrogen (secondary N) is 1. The summed E-state index contributed by atoms with van der Waals surface area (Å²) in [6, 6.07) is 9.35. The van der Waals surface area contributed by atoms with Crippen LogP contribution in [0.4, 0.5) is 5.69 Å². The molecule has 7 nitrogen and oxygen atoms in total. The van der Waals surface area contributed by atoms with Gasteiger partial charge in [-0.1, -0.05) is 0 Å². The first kappa shape index (κ1) is 16.1. The molecule has 0 spiro atoms. The Labute approximate surface area is 139 Å². The largest absolute Gasteiger partial charge is 0.497 e. The van der Waals surface area contributed by atoms with Crippen molar-refractivity contribution in [2.24, 2.45) is 0 Å². The molecular formula is C16H16N2O5S. The van der Waals surface area contributed by atoms with Gasteiger partial charge in [-0.3, -0.25) is 4.72 Å². The Morgan fingerprint density at radius 2 is 1.88 bits per heavy atom. The summed E-state index contributed by atoms with van der Waals surface area (Å²) >= 11 is 0. The van der Waals surface area contributed by atoms with Crippen LogP contribution < -0.4 is 14.2 Å². The van der Waals surface area contributed by atoms with Crippen molar-refractivity contribution in [1.82, 2.24) is 4.98 Å². The van der Waals surface area contributed by atoms with Crippen molar-refractivity contribution in [3.63, 3.8) is 0 Å². The Hall–Kier alpha value is -2.74. The summed E-state index contributed by atoms with van der Waals surface area (Å²) < 4.78 is 43.5. The molecule has 0 aliphatic carbocycles. The van der Waals surface area contributed by atoms with Crippen LogP contribution in [0.15, 0.2) is 45.7 Å². The van der Waals surface area contributed by atoms with Gasteiger partial charge in [-0.15, -0.1) is 0 Å². The van der Waals surface area contributed by atoms with E-state index in [0.717, 1.165) is 0 Å². The molecule has 0 atom stereocenters. The summed E-state index contributed by atoms with van der Waals surface area (Å²) in [6.45, 7) is 1.70. The highest BCUT2D eigenvalue weighted by atomic mass is 32.2. The van der Waals surface area contributed by atoms with E-state index < -0.39 is 10.0 Å². The fourth-order valence-corrected chi connectivity index (χ4v) is 3.37. The fourth-order valence-electron chi connectivity index (χ4n) is 2.29. The molecule has 1 aromatic heterocycles.